The Balaban J connectivity index is 2.87. The quantitative estimate of drug-likeness (QED) is 0.729. The topological polar surface area (TPSA) is 64.2 Å². The number of terminal acetylenes is 1. The van der Waals surface area contributed by atoms with Gasteiger partial charge in [-0.3, -0.25) is 0 Å². The third-order valence-electron chi connectivity index (χ3n) is 3.82. The van der Waals surface area contributed by atoms with Crippen molar-refractivity contribution in [2.75, 3.05) is 6.61 Å². The van der Waals surface area contributed by atoms with Gasteiger partial charge in [0.1, 0.15) is 5.60 Å². The van der Waals surface area contributed by atoms with Gasteiger partial charge in [0.2, 0.25) is 0 Å². The van der Waals surface area contributed by atoms with Crippen LogP contribution in [-0.2, 0) is 0 Å². The van der Waals surface area contributed by atoms with Crippen LogP contribution in [0, 0.1) is 41.4 Å². The zero-order chi connectivity index (χ0) is 12.9. The Labute approximate surface area is 103 Å². The maximum atomic E-state index is 10.5. The lowest BCUT2D eigenvalue weighted by atomic mass is 9.63. The number of aliphatic hydroxyl groups is 2. The molecule has 1 aliphatic rings. The Bertz CT molecular complexity index is 328. The van der Waals surface area contributed by atoms with Crippen LogP contribution in [0.4, 0.5) is 0 Å². The van der Waals surface area contributed by atoms with Crippen LogP contribution in [0.25, 0.3) is 0 Å². The second-order valence-electron chi connectivity index (χ2n) is 5.21. The van der Waals surface area contributed by atoms with E-state index >= 15 is 0 Å². The van der Waals surface area contributed by atoms with Crippen LogP contribution < -0.4 is 0 Å². The van der Waals surface area contributed by atoms with Gasteiger partial charge in [-0.15, -0.1) is 6.42 Å². The number of nitrogens with zero attached hydrogens (tertiary/aromatic N) is 1. The van der Waals surface area contributed by atoms with E-state index in [-0.39, 0.29) is 18.4 Å². The Kier molecular flexibility index (Phi) is 5.00. The molecule has 17 heavy (non-hydrogen) atoms. The van der Waals surface area contributed by atoms with Gasteiger partial charge in [0.25, 0.3) is 0 Å². The van der Waals surface area contributed by atoms with E-state index in [2.05, 4.69) is 18.9 Å². The third-order valence-corrected chi connectivity index (χ3v) is 3.82. The lowest BCUT2D eigenvalue weighted by molar-refractivity contribution is -0.0494. The summed E-state index contributed by atoms with van der Waals surface area (Å²) in [6.45, 7) is 2.17. The zero-order valence-electron chi connectivity index (χ0n) is 10.4. The maximum absolute atomic E-state index is 10.5. The van der Waals surface area contributed by atoms with Gasteiger partial charge < -0.3 is 10.2 Å². The van der Waals surface area contributed by atoms with Gasteiger partial charge in [-0.1, -0.05) is 12.8 Å². The number of rotatable bonds is 4. The van der Waals surface area contributed by atoms with Crippen LogP contribution >= 0.6 is 0 Å². The molecular formula is C14H21NO2. The van der Waals surface area contributed by atoms with Gasteiger partial charge in [-0.25, -0.2) is 0 Å². The highest BCUT2D eigenvalue weighted by molar-refractivity contribution is 5.14. The summed E-state index contributed by atoms with van der Waals surface area (Å²) in [5.41, 5.74) is -1.10. The highest BCUT2D eigenvalue weighted by Gasteiger charge is 2.44. The molecule has 0 unspecified atom stereocenters. The lowest BCUT2D eigenvalue weighted by Crippen LogP contribution is -2.46. The van der Waals surface area contributed by atoms with Crippen LogP contribution in [0.3, 0.4) is 0 Å². The molecule has 3 heteroatoms. The van der Waals surface area contributed by atoms with Crippen molar-refractivity contribution < 1.29 is 10.2 Å². The van der Waals surface area contributed by atoms with Gasteiger partial charge in [0, 0.05) is 18.9 Å². The maximum Gasteiger partial charge on any atom is 0.128 e. The molecular weight excluding hydrogens is 214 g/mol. The van der Waals surface area contributed by atoms with Gasteiger partial charge >= 0.3 is 0 Å². The van der Waals surface area contributed by atoms with Crippen molar-refractivity contribution >= 4 is 0 Å². The standard InChI is InChI=1S/C14H21NO2/c1-3-14(17)10-11(2)9-12(6-7-15)13(14)5-4-8-16/h1,11-13,16-17H,4-6,8-10H2,2H3/t11-,12-,13-,14+/m1/s1. The Morgan fingerprint density at radius 3 is 2.76 bits per heavy atom. The molecule has 0 amide bonds. The minimum absolute atomic E-state index is 0.0597. The van der Waals surface area contributed by atoms with Crippen molar-refractivity contribution in [3.05, 3.63) is 0 Å². The van der Waals surface area contributed by atoms with Crippen LogP contribution in [-0.4, -0.2) is 22.4 Å². The molecule has 94 valence electrons. The highest BCUT2D eigenvalue weighted by Crippen LogP contribution is 2.44. The van der Waals surface area contributed by atoms with Gasteiger partial charge in [0.15, 0.2) is 0 Å². The van der Waals surface area contributed by atoms with Crippen LogP contribution in [0.2, 0.25) is 0 Å². The van der Waals surface area contributed by atoms with E-state index in [0.29, 0.717) is 31.6 Å². The lowest BCUT2D eigenvalue weighted by Gasteiger charge is -2.44. The Morgan fingerprint density at radius 1 is 1.53 bits per heavy atom. The molecule has 1 rings (SSSR count). The first-order valence-corrected chi connectivity index (χ1v) is 6.25. The largest absolute Gasteiger partial charge is 0.396 e. The fourth-order valence-electron chi connectivity index (χ4n) is 3.13. The number of hydrogen-bond donors (Lipinski definition) is 2. The fraction of sp³-hybridized carbons (Fsp3) is 0.786. The molecule has 1 fully saturated rings. The smallest absolute Gasteiger partial charge is 0.128 e. The predicted molar refractivity (Wildman–Crippen MR) is 65.7 cm³/mol. The first-order valence-electron chi connectivity index (χ1n) is 6.25. The molecule has 4 atom stereocenters. The molecule has 0 saturated heterocycles. The van der Waals surface area contributed by atoms with E-state index in [0.717, 1.165) is 6.42 Å². The second-order valence-corrected chi connectivity index (χ2v) is 5.21. The van der Waals surface area contributed by atoms with Crippen molar-refractivity contribution in [3.63, 3.8) is 0 Å². The first kappa shape index (κ1) is 14.0. The SMILES string of the molecule is C#C[C@]1(O)C[C@H](C)C[C@@H](CC#N)[C@H]1CCCO. The Hall–Kier alpha value is -1.03. The van der Waals surface area contributed by atoms with E-state index in [1.807, 2.05) is 0 Å². The number of hydrogen-bond acceptors (Lipinski definition) is 3. The first-order chi connectivity index (χ1) is 8.07. The summed E-state index contributed by atoms with van der Waals surface area (Å²) in [6.07, 6.45) is 8.77. The van der Waals surface area contributed by atoms with Crippen LogP contribution in [0.1, 0.15) is 39.0 Å². The summed E-state index contributed by atoms with van der Waals surface area (Å²) >= 11 is 0. The molecule has 1 saturated carbocycles. The molecule has 0 aromatic rings. The monoisotopic (exact) mass is 235 g/mol. The summed E-state index contributed by atoms with van der Waals surface area (Å²) in [6, 6.07) is 2.18. The average molecular weight is 235 g/mol. The fourth-order valence-corrected chi connectivity index (χ4v) is 3.13. The summed E-state index contributed by atoms with van der Waals surface area (Å²) in [4.78, 5) is 0. The molecule has 1 aliphatic carbocycles. The van der Waals surface area contributed by atoms with Crippen molar-refractivity contribution in [2.24, 2.45) is 17.8 Å². The van der Waals surface area contributed by atoms with E-state index in [1.165, 1.54) is 0 Å². The van der Waals surface area contributed by atoms with Crippen molar-refractivity contribution in [1.82, 2.24) is 0 Å². The minimum Gasteiger partial charge on any atom is -0.396 e. The van der Waals surface area contributed by atoms with Crippen molar-refractivity contribution in [1.29, 1.82) is 5.26 Å². The van der Waals surface area contributed by atoms with E-state index in [4.69, 9.17) is 16.8 Å². The molecule has 0 aromatic carbocycles. The molecule has 2 N–H and O–H groups in total. The van der Waals surface area contributed by atoms with Crippen LogP contribution in [0.5, 0.6) is 0 Å². The highest BCUT2D eigenvalue weighted by atomic mass is 16.3. The molecule has 0 aromatic heterocycles. The van der Waals surface area contributed by atoms with Crippen molar-refractivity contribution in [3.8, 4) is 18.4 Å². The van der Waals surface area contributed by atoms with Gasteiger partial charge in [0.05, 0.1) is 6.07 Å². The number of aliphatic hydroxyl groups excluding tert-OH is 1. The Morgan fingerprint density at radius 2 is 2.24 bits per heavy atom. The van der Waals surface area contributed by atoms with E-state index in [1.54, 1.807) is 0 Å². The van der Waals surface area contributed by atoms with Crippen LogP contribution in [0.15, 0.2) is 0 Å². The molecule has 0 aliphatic heterocycles. The third kappa shape index (κ3) is 3.22. The summed E-state index contributed by atoms with van der Waals surface area (Å²) in [5, 5.41) is 28.3. The van der Waals surface area contributed by atoms with Crippen molar-refractivity contribution in [2.45, 2.75) is 44.6 Å². The average Bonchev–Trinajstić information content (AvgIpc) is 2.28. The zero-order valence-corrected chi connectivity index (χ0v) is 10.4. The number of nitriles is 1. The molecule has 0 spiro atoms. The minimum atomic E-state index is -1.10. The van der Waals surface area contributed by atoms with E-state index < -0.39 is 5.60 Å². The molecule has 0 radical (unpaired) electrons. The summed E-state index contributed by atoms with van der Waals surface area (Å²) in [7, 11) is 0. The van der Waals surface area contributed by atoms with E-state index in [9.17, 15) is 5.11 Å². The molecule has 3 nitrogen and oxygen atoms in total. The summed E-state index contributed by atoms with van der Waals surface area (Å²) in [5.74, 6) is 2.96. The molecule has 0 bridgehead atoms. The van der Waals surface area contributed by atoms with Gasteiger partial charge in [-0.05, 0) is 37.5 Å². The molecule has 0 heterocycles. The predicted octanol–water partition coefficient (Wildman–Crippen LogP) is 1.70. The summed E-state index contributed by atoms with van der Waals surface area (Å²) < 4.78 is 0. The normalized spacial score (nSPS) is 37.1. The second kappa shape index (κ2) is 6.05. The van der Waals surface area contributed by atoms with Gasteiger partial charge in [-0.2, -0.15) is 5.26 Å².